The summed E-state index contributed by atoms with van der Waals surface area (Å²) in [6.07, 6.45) is 3.40. The van der Waals surface area contributed by atoms with Crippen molar-refractivity contribution in [3.05, 3.63) is 105 Å². The van der Waals surface area contributed by atoms with Gasteiger partial charge in [0.05, 0.1) is 15.7 Å². The lowest BCUT2D eigenvalue weighted by Crippen LogP contribution is -2.54. The van der Waals surface area contributed by atoms with E-state index in [1.165, 1.54) is 17.7 Å². The Morgan fingerprint density at radius 2 is 1.66 bits per heavy atom. The van der Waals surface area contributed by atoms with Gasteiger partial charge < -0.3 is 4.57 Å². The van der Waals surface area contributed by atoms with Gasteiger partial charge in [0.2, 0.25) is 0 Å². The van der Waals surface area contributed by atoms with E-state index >= 15 is 0 Å². The molecule has 1 fully saturated rings. The first-order chi connectivity index (χ1) is 16.8. The van der Waals surface area contributed by atoms with Crippen molar-refractivity contribution < 1.29 is 14.4 Å². The first-order valence-electron chi connectivity index (χ1n) is 10.8. The summed E-state index contributed by atoms with van der Waals surface area (Å²) in [4.78, 5) is 39.4. The Balaban J connectivity index is 1.58. The molecule has 4 aromatic rings. The van der Waals surface area contributed by atoms with Crippen molar-refractivity contribution in [2.75, 3.05) is 4.90 Å². The minimum absolute atomic E-state index is 0.0427. The van der Waals surface area contributed by atoms with Crippen molar-refractivity contribution in [2.45, 2.75) is 13.5 Å². The molecule has 1 aromatic heterocycles. The molecule has 0 aliphatic carbocycles. The van der Waals surface area contributed by atoms with Crippen molar-refractivity contribution in [1.82, 2.24) is 9.88 Å². The largest absolute Gasteiger partial charge is 0.342 e. The lowest BCUT2D eigenvalue weighted by atomic mass is 10.1. The molecule has 6 nitrogen and oxygen atoms in total. The number of anilines is 1. The quantitative estimate of drug-likeness (QED) is 0.275. The van der Waals surface area contributed by atoms with Crippen molar-refractivity contribution in [2.24, 2.45) is 0 Å². The third-order valence-corrected chi connectivity index (χ3v) is 6.68. The second-order valence-electron chi connectivity index (χ2n) is 8.25. The standard InChI is InChI=1S/C27H19Cl2N3O3/c1-16-9-11-17(12-10-16)14-31-15-18(19-5-2-3-7-22(19)31)13-20-25(33)30-27(35)32(26(20)34)23-8-4-6-21(28)24(23)29/h2-13,15H,14H2,1H3,(H,30,33,35)/b20-13+. The summed E-state index contributed by atoms with van der Waals surface area (Å²) in [7, 11) is 0. The molecule has 174 valence electrons. The molecule has 35 heavy (non-hydrogen) atoms. The van der Waals surface area contributed by atoms with Crippen LogP contribution in [0.3, 0.4) is 0 Å². The summed E-state index contributed by atoms with van der Waals surface area (Å²) < 4.78 is 2.06. The molecular formula is C27H19Cl2N3O3. The average Bonchev–Trinajstić information content (AvgIpc) is 3.18. The van der Waals surface area contributed by atoms with E-state index in [1.807, 2.05) is 37.4 Å². The molecule has 3 aromatic carbocycles. The smallest absolute Gasteiger partial charge is 0.336 e. The van der Waals surface area contributed by atoms with E-state index in [4.69, 9.17) is 23.2 Å². The highest BCUT2D eigenvalue weighted by atomic mass is 35.5. The number of halogens is 2. The minimum Gasteiger partial charge on any atom is -0.342 e. The van der Waals surface area contributed by atoms with Crippen molar-refractivity contribution in [3.8, 4) is 0 Å². The number of nitrogens with one attached hydrogen (secondary N) is 1. The van der Waals surface area contributed by atoms with Crippen LogP contribution in [0.25, 0.3) is 17.0 Å². The highest BCUT2D eigenvalue weighted by molar-refractivity contribution is 6.46. The third kappa shape index (κ3) is 4.22. The lowest BCUT2D eigenvalue weighted by Gasteiger charge is -2.27. The third-order valence-electron chi connectivity index (χ3n) is 5.87. The molecule has 1 aliphatic rings. The van der Waals surface area contributed by atoms with Crippen LogP contribution in [-0.2, 0) is 16.1 Å². The summed E-state index contributed by atoms with van der Waals surface area (Å²) >= 11 is 12.3. The molecule has 0 spiro atoms. The fourth-order valence-corrected chi connectivity index (χ4v) is 4.49. The van der Waals surface area contributed by atoms with Gasteiger partial charge >= 0.3 is 6.03 Å². The predicted octanol–water partition coefficient (Wildman–Crippen LogP) is 5.97. The van der Waals surface area contributed by atoms with Gasteiger partial charge in [-0.3, -0.25) is 14.9 Å². The molecule has 0 unspecified atom stereocenters. The van der Waals surface area contributed by atoms with Gasteiger partial charge in [0.15, 0.2) is 0 Å². The lowest BCUT2D eigenvalue weighted by molar-refractivity contribution is -0.122. The number of para-hydroxylation sites is 1. The van der Waals surface area contributed by atoms with Crippen LogP contribution < -0.4 is 10.2 Å². The summed E-state index contributed by atoms with van der Waals surface area (Å²) in [5.74, 6) is -1.55. The zero-order valence-electron chi connectivity index (χ0n) is 18.6. The first-order valence-corrected chi connectivity index (χ1v) is 11.6. The van der Waals surface area contributed by atoms with E-state index in [2.05, 4.69) is 34.1 Å². The van der Waals surface area contributed by atoms with Crippen molar-refractivity contribution >= 4 is 63.7 Å². The molecule has 1 aliphatic heterocycles. The number of amides is 4. The van der Waals surface area contributed by atoms with Gasteiger partial charge in [0.1, 0.15) is 5.57 Å². The Labute approximate surface area is 211 Å². The zero-order chi connectivity index (χ0) is 24.7. The number of carbonyl (C=O) groups excluding carboxylic acids is 3. The number of carbonyl (C=O) groups is 3. The average molecular weight is 504 g/mol. The summed E-state index contributed by atoms with van der Waals surface area (Å²) in [6, 6.07) is 19.7. The van der Waals surface area contributed by atoms with Crippen molar-refractivity contribution in [1.29, 1.82) is 0 Å². The Morgan fingerprint density at radius 3 is 2.43 bits per heavy atom. The molecule has 8 heteroatoms. The van der Waals surface area contributed by atoms with Gasteiger partial charge in [0.25, 0.3) is 11.8 Å². The van der Waals surface area contributed by atoms with E-state index in [1.54, 1.807) is 12.1 Å². The maximum atomic E-state index is 13.3. The van der Waals surface area contributed by atoms with Crippen LogP contribution in [0.4, 0.5) is 10.5 Å². The molecule has 5 rings (SSSR count). The number of nitrogens with zero attached hydrogens (tertiary/aromatic N) is 2. The number of benzene rings is 3. The van der Waals surface area contributed by atoms with Crippen LogP contribution in [-0.4, -0.2) is 22.4 Å². The molecular weight excluding hydrogens is 485 g/mol. The summed E-state index contributed by atoms with van der Waals surface area (Å²) in [6.45, 7) is 2.66. The Hall–Kier alpha value is -3.87. The van der Waals surface area contributed by atoms with E-state index in [9.17, 15) is 14.4 Å². The number of fused-ring (bicyclic) bond motifs is 1. The predicted molar refractivity (Wildman–Crippen MR) is 138 cm³/mol. The van der Waals surface area contributed by atoms with Crippen LogP contribution in [0, 0.1) is 6.92 Å². The summed E-state index contributed by atoms with van der Waals surface area (Å²) in [5, 5.41) is 3.33. The topological polar surface area (TPSA) is 71.4 Å². The normalized spacial score (nSPS) is 15.2. The van der Waals surface area contributed by atoms with Crippen LogP contribution in [0.2, 0.25) is 10.0 Å². The van der Waals surface area contributed by atoms with Crippen LogP contribution >= 0.6 is 23.2 Å². The zero-order valence-corrected chi connectivity index (χ0v) is 20.1. The van der Waals surface area contributed by atoms with E-state index < -0.39 is 17.8 Å². The van der Waals surface area contributed by atoms with Gasteiger partial charge in [-0.15, -0.1) is 0 Å². The van der Waals surface area contributed by atoms with Gasteiger partial charge in [-0.25, -0.2) is 9.69 Å². The highest BCUT2D eigenvalue weighted by Gasteiger charge is 2.38. The number of hydrogen-bond acceptors (Lipinski definition) is 3. The second-order valence-corrected chi connectivity index (χ2v) is 9.03. The monoisotopic (exact) mass is 503 g/mol. The van der Waals surface area contributed by atoms with Crippen LogP contribution in [0.15, 0.2) is 78.5 Å². The van der Waals surface area contributed by atoms with Crippen LogP contribution in [0.5, 0.6) is 0 Å². The van der Waals surface area contributed by atoms with E-state index in [0.717, 1.165) is 21.4 Å². The van der Waals surface area contributed by atoms with E-state index in [0.29, 0.717) is 12.1 Å². The molecule has 0 radical (unpaired) electrons. The van der Waals surface area contributed by atoms with Crippen LogP contribution in [0.1, 0.15) is 16.7 Å². The molecule has 1 saturated heterocycles. The highest BCUT2D eigenvalue weighted by Crippen LogP contribution is 2.34. The first kappa shape index (κ1) is 22.9. The minimum atomic E-state index is -0.886. The number of imide groups is 2. The maximum absolute atomic E-state index is 13.3. The van der Waals surface area contributed by atoms with E-state index in [-0.39, 0.29) is 21.3 Å². The molecule has 0 saturated carbocycles. The molecule has 1 N–H and O–H groups in total. The van der Waals surface area contributed by atoms with Gasteiger partial charge in [0, 0.05) is 29.2 Å². The fraction of sp³-hybridized carbons (Fsp3) is 0.0741. The Bertz CT molecular complexity index is 1540. The van der Waals surface area contributed by atoms with Gasteiger partial charge in [-0.05, 0) is 36.8 Å². The fourth-order valence-electron chi connectivity index (χ4n) is 4.11. The molecule has 2 heterocycles. The number of rotatable bonds is 4. The number of aryl methyl sites for hydroxylation is 1. The Morgan fingerprint density at radius 1 is 0.914 bits per heavy atom. The summed E-state index contributed by atoms with van der Waals surface area (Å²) in [5.41, 5.74) is 3.85. The van der Waals surface area contributed by atoms with Gasteiger partial charge in [-0.2, -0.15) is 0 Å². The molecule has 4 amide bonds. The van der Waals surface area contributed by atoms with Gasteiger partial charge in [-0.1, -0.05) is 77.3 Å². The molecule has 0 atom stereocenters. The maximum Gasteiger partial charge on any atom is 0.336 e. The second kappa shape index (κ2) is 9.06. The Kier molecular flexibility index (Phi) is 5.93. The number of hydrogen-bond donors (Lipinski definition) is 1. The number of aromatic nitrogens is 1. The molecule has 0 bridgehead atoms. The number of barbiturate groups is 1. The van der Waals surface area contributed by atoms with Crippen molar-refractivity contribution in [3.63, 3.8) is 0 Å². The SMILES string of the molecule is Cc1ccc(Cn2cc(/C=C3\C(=O)NC(=O)N(c4cccc(Cl)c4Cl)C3=O)c3ccccc32)cc1. The number of urea groups is 1.